The number of hydrazine groups is 1. The maximum absolute atomic E-state index is 12.4. The highest BCUT2D eigenvalue weighted by Gasteiger charge is 2.35. The molecule has 1 saturated heterocycles. The molecule has 28 heavy (non-hydrogen) atoms. The first kappa shape index (κ1) is 20.1. The molecule has 0 unspecified atom stereocenters. The average molecular weight is 417 g/mol. The number of nitrogens with zero attached hydrogens (tertiary/aromatic N) is 1. The number of carbonyl (C=O) groups excluding carboxylic acids is 2. The van der Waals surface area contributed by atoms with Crippen LogP contribution in [0.3, 0.4) is 0 Å². The van der Waals surface area contributed by atoms with Crippen molar-refractivity contribution in [3.63, 3.8) is 0 Å². The molecule has 2 amide bonds. The van der Waals surface area contributed by atoms with Crippen LogP contribution in [0.25, 0.3) is 0 Å². The molecule has 1 atom stereocenters. The Balaban J connectivity index is 1.51. The summed E-state index contributed by atoms with van der Waals surface area (Å²) in [6.07, 6.45) is 1.11. The van der Waals surface area contributed by atoms with Crippen molar-refractivity contribution in [1.29, 1.82) is 0 Å². The zero-order valence-electron chi connectivity index (χ0n) is 15.4. The number of amides is 2. The van der Waals surface area contributed by atoms with Gasteiger partial charge < -0.3 is 10.2 Å². The molecule has 1 heterocycles. The van der Waals surface area contributed by atoms with E-state index in [1.165, 1.54) is 5.56 Å². The highest BCUT2D eigenvalue weighted by Crippen LogP contribution is 2.25. The SMILES string of the molecule is CCc1ccc(N2C[C@H](C(=O)NNC(=S)Nc3ccc(Cl)cc3)CC2=O)cc1. The van der Waals surface area contributed by atoms with E-state index in [2.05, 4.69) is 23.1 Å². The molecule has 3 rings (SSSR count). The van der Waals surface area contributed by atoms with Crippen molar-refractivity contribution in [2.24, 2.45) is 5.92 Å². The van der Waals surface area contributed by atoms with Crippen LogP contribution in [-0.4, -0.2) is 23.5 Å². The van der Waals surface area contributed by atoms with Crippen LogP contribution in [0.15, 0.2) is 48.5 Å². The van der Waals surface area contributed by atoms with E-state index in [1.54, 1.807) is 29.2 Å². The van der Waals surface area contributed by atoms with Gasteiger partial charge in [-0.05, 0) is 60.6 Å². The van der Waals surface area contributed by atoms with Crippen molar-refractivity contribution in [3.05, 3.63) is 59.1 Å². The van der Waals surface area contributed by atoms with Gasteiger partial charge in [0.15, 0.2) is 5.11 Å². The number of thiocarbonyl (C=S) groups is 1. The minimum Gasteiger partial charge on any atom is -0.331 e. The standard InChI is InChI=1S/C20H21ClN4O2S/c1-2-13-3-9-17(10-4-13)25-12-14(11-18(25)26)19(27)23-24-20(28)22-16-7-5-15(21)6-8-16/h3-10,14H,2,11-12H2,1H3,(H,23,27)(H2,22,24,28)/t14-/m1/s1. The number of nitrogens with one attached hydrogen (secondary N) is 3. The van der Waals surface area contributed by atoms with Crippen molar-refractivity contribution < 1.29 is 9.59 Å². The van der Waals surface area contributed by atoms with E-state index in [0.29, 0.717) is 11.6 Å². The first-order chi connectivity index (χ1) is 13.5. The minimum absolute atomic E-state index is 0.0636. The molecular formula is C20H21ClN4O2S. The number of halogens is 1. The first-order valence-electron chi connectivity index (χ1n) is 8.98. The van der Waals surface area contributed by atoms with E-state index < -0.39 is 5.92 Å². The summed E-state index contributed by atoms with van der Waals surface area (Å²) < 4.78 is 0. The molecule has 0 radical (unpaired) electrons. The van der Waals surface area contributed by atoms with Crippen molar-refractivity contribution in [2.45, 2.75) is 19.8 Å². The number of hydrogen-bond donors (Lipinski definition) is 3. The molecule has 2 aromatic carbocycles. The van der Waals surface area contributed by atoms with Crippen molar-refractivity contribution in [1.82, 2.24) is 10.9 Å². The number of aryl methyl sites for hydroxylation is 1. The largest absolute Gasteiger partial charge is 0.331 e. The topological polar surface area (TPSA) is 73.5 Å². The summed E-state index contributed by atoms with van der Waals surface area (Å²) in [5, 5.41) is 3.80. The summed E-state index contributed by atoms with van der Waals surface area (Å²) in [5.74, 6) is -0.781. The zero-order chi connectivity index (χ0) is 20.1. The second-order valence-electron chi connectivity index (χ2n) is 6.50. The zero-order valence-corrected chi connectivity index (χ0v) is 16.9. The Morgan fingerprint density at radius 1 is 1.14 bits per heavy atom. The summed E-state index contributed by atoms with van der Waals surface area (Å²) in [6.45, 7) is 2.42. The molecule has 1 aliphatic heterocycles. The van der Waals surface area contributed by atoms with Gasteiger partial charge in [-0.3, -0.25) is 20.4 Å². The lowest BCUT2D eigenvalue weighted by molar-refractivity contribution is -0.126. The summed E-state index contributed by atoms with van der Waals surface area (Å²) in [4.78, 5) is 26.4. The van der Waals surface area contributed by atoms with Crippen LogP contribution in [0.5, 0.6) is 0 Å². The fraction of sp³-hybridized carbons (Fsp3) is 0.250. The van der Waals surface area contributed by atoms with E-state index in [0.717, 1.165) is 17.8 Å². The van der Waals surface area contributed by atoms with Gasteiger partial charge in [0.05, 0.1) is 5.92 Å². The van der Waals surface area contributed by atoms with E-state index >= 15 is 0 Å². The second kappa shape index (κ2) is 9.03. The summed E-state index contributed by atoms with van der Waals surface area (Å²) in [5.41, 5.74) is 7.99. The quantitative estimate of drug-likeness (QED) is 0.527. The minimum atomic E-state index is -0.441. The van der Waals surface area contributed by atoms with Crippen LogP contribution < -0.4 is 21.1 Å². The van der Waals surface area contributed by atoms with E-state index in [-0.39, 0.29) is 23.3 Å². The van der Waals surface area contributed by atoms with Crippen LogP contribution in [0.4, 0.5) is 11.4 Å². The van der Waals surface area contributed by atoms with E-state index in [1.807, 2.05) is 24.3 Å². The molecule has 0 saturated carbocycles. The van der Waals surface area contributed by atoms with Crippen molar-refractivity contribution in [2.75, 3.05) is 16.8 Å². The van der Waals surface area contributed by atoms with Crippen LogP contribution in [0, 0.1) is 5.92 Å². The molecule has 8 heteroatoms. The van der Waals surface area contributed by atoms with Crippen molar-refractivity contribution >= 4 is 52.1 Å². The molecule has 0 spiro atoms. The molecule has 1 aliphatic rings. The molecule has 2 aromatic rings. The lowest BCUT2D eigenvalue weighted by atomic mass is 10.1. The third-order valence-corrected chi connectivity index (χ3v) is 5.01. The van der Waals surface area contributed by atoms with Crippen molar-refractivity contribution in [3.8, 4) is 0 Å². The molecule has 146 valence electrons. The average Bonchev–Trinajstić information content (AvgIpc) is 3.10. The lowest BCUT2D eigenvalue weighted by Gasteiger charge is -2.17. The maximum atomic E-state index is 12.4. The Labute approximate surface area is 174 Å². The van der Waals surface area contributed by atoms with E-state index in [4.69, 9.17) is 23.8 Å². The van der Waals surface area contributed by atoms with Gasteiger partial charge in [0, 0.05) is 29.4 Å². The van der Waals surface area contributed by atoms with Gasteiger partial charge >= 0.3 is 0 Å². The van der Waals surface area contributed by atoms with Crippen LogP contribution in [0.2, 0.25) is 5.02 Å². The van der Waals surface area contributed by atoms with Gasteiger partial charge in [-0.25, -0.2) is 0 Å². The van der Waals surface area contributed by atoms with Crippen LogP contribution in [0.1, 0.15) is 18.9 Å². The van der Waals surface area contributed by atoms with Gasteiger partial charge in [0.2, 0.25) is 11.8 Å². The fourth-order valence-electron chi connectivity index (χ4n) is 2.96. The van der Waals surface area contributed by atoms with Gasteiger partial charge in [-0.15, -0.1) is 0 Å². The predicted molar refractivity (Wildman–Crippen MR) is 115 cm³/mol. The second-order valence-corrected chi connectivity index (χ2v) is 7.35. The van der Waals surface area contributed by atoms with Gasteiger partial charge in [-0.2, -0.15) is 0 Å². The molecule has 0 bridgehead atoms. The Hall–Kier alpha value is -2.64. The molecular weight excluding hydrogens is 396 g/mol. The van der Waals surface area contributed by atoms with Crippen LogP contribution in [-0.2, 0) is 16.0 Å². The Morgan fingerprint density at radius 3 is 2.46 bits per heavy atom. The molecule has 0 aliphatic carbocycles. The van der Waals surface area contributed by atoms with Gasteiger partial charge in [-0.1, -0.05) is 30.7 Å². The fourth-order valence-corrected chi connectivity index (χ4v) is 3.26. The highest BCUT2D eigenvalue weighted by atomic mass is 35.5. The Morgan fingerprint density at radius 2 is 1.82 bits per heavy atom. The summed E-state index contributed by atoms with van der Waals surface area (Å²) in [6, 6.07) is 14.8. The third-order valence-electron chi connectivity index (χ3n) is 4.55. The van der Waals surface area contributed by atoms with Gasteiger partial charge in [0.1, 0.15) is 0 Å². The monoisotopic (exact) mass is 416 g/mol. The van der Waals surface area contributed by atoms with Crippen LogP contribution >= 0.6 is 23.8 Å². The Kier molecular flexibility index (Phi) is 6.49. The lowest BCUT2D eigenvalue weighted by Crippen LogP contribution is -2.46. The summed E-state index contributed by atoms with van der Waals surface area (Å²) in [7, 11) is 0. The smallest absolute Gasteiger partial charge is 0.243 e. The maximum Gasteiger partial charge on any atom is 0.243 e. The molecule has 1 fully saturated rings. The molecule has 3 N–H and O–H groups in total. The number of rotatable bonds is 4. The normalized spacial score (nSPS) is 16.0. The number of benzene rings is 2. The molecule has 6 nitrogen and oxygen atoms in total. The Bertz CT molecular complexity index is 871. The number of carbonyl (C=O) groups is 2. The first-order valence-corrected chi connectivity index (χ1v) is 9.76. The number of anilines is 2. The molecule has 0 aromatic heterocycles. The summed E-state index contributed by atoms with van der Waals surface area (Å²) >= 11 is 11.0. The third kappa shape index (κ3) is 4.99. The van der Waals surface area contributed by atoms with Gasteiger partial charge in [0.25, 0.3) is 0 Å². The predicted octanol–water partition coefficient (Wildman–Crippen LogP) is 3.27. The highest BCUT2D eigenvalue weighted by molar-refractivity contribution is 7.80. The number of hydrogen-bond acceptors (Lipinski definition) is 3. The van der Waals surface area contributed by atoms with E-state index in [9.17, 15) is 9.59 Å².